The molecule has 0 aromatic heterocycles. The second-order valence-corrected chi connectivity index (χ2v) is 9.98. The zero-order chi connectivity index (χ0) is 16.7. The topological polar surface area (TPSA) is 27.7 Å². The summed E-state index contributed by atoms with van der Waals surface area (Å²) in [7, 11) is 0.896. The van der Waals surface area contributed by atoms with Gasteiger partial charge in [0.2, 0.25) is 0 Å². The third-order valence-electron chi connectivity index (χ3n) is 6.07. The summed E-state index contributed by atoms with van der Waals surface area (Å²) in [5.74, 6) is 0. The van der Waals surface area contributed by atoms with Crippen LogP contribution in [-0.4, -0.2) is 40.6 Å². The first-order chi connectivity index (χ1) is 11.7. The van der Waals surface area contributed by atoms with Crippen LogP contribution in [0.15, 0.2) is 0 Å². The molecule has 0 spiro atoms. The van der Waals surface area contributed by atoms with Crippen LogP contribution in [0.1, 0.15) is 96.3 Å². The lowest BCUT2D eigenvalue weighted by molar-refractivity contribution is -0.260. The smallest absolute Gasteiger partial charge is 0.164 e. The molecule has 140 valence electrons. The van der Waals surface area contributed by atoms with Gasteiger partial charge in [-0.2, -0.15) is 0 Å². The molecule has 0 saturated heterocycles. The van der Waals surface area contributed by atoms with Crippen LogP contribution in [-0.2, 0) is 14.2 Å². The lowest BCUT2D eigenvalue weighted by Gasteiger charge is -2.40. The van der Waals surface area contributed by atoms with Crippen molar-refractivity contribution >= 4 is 10.2 Å². The zero-order valence-electron chi connectivity index (χ0n) is 15.8. The first-order valence-corrected chi connectivity index (χ1v) is 11.7. The van der Waals surface area contributed by atoms with Gasteiger partial charge in [-0.25, -0.2) is 0 Å². The Morgan fingerprint density at radius 3 is 1.38 bits per heavy atom. The zero-order valence-corrected chi connectivity index (χ0v) is 17.8. The second kappa shape index (κ2) is 9.70. The fourth-order valence-corrected chi connectivity index (χ4v) is 5.50. The third kappa shape index (κ3) is 6.12. The van der Waals surface area contributed by atoms with E-state index in [9.17, 15) is 0 Å². The van der Waals surface area contributed by atoms with E-state index in [1.807, 2.05) is 0 Å². The first kappa shape index (κ1) is 18.9. The number of rotatable bonds is 7. The van der Waals surface area contributed by atoms with Crippen molar-refractivity contribution in [1.29, 1.82) is 0 Å². The van der Waals surface area contributed by atoms with Gasteiger partial charge in [-0.15, -0.1) is 0 Å². The first-order valence-electron chi connectivity index (χ1n) is 10.7. The summed E-state index contributed by atoms with van der Waals surface area (Å²) in [5, 5.41) is 0. The Bertz CT molecular complexity index is 325. The molecule has 0 heterocycles. The molecule has 3 fully saturated rings. The molecule has 0 unspecified atom stereocenters. The van der Waals surface area contributed by atoms with Crippen LogP contribution in [0.2, 0.25) is 0 Å². The van der Waals surface area contributed by atoms with Crippen molar-refractivity contribution in [3.63, 3.8) is 0 Å². The van der Waals surface area contributed by atoms with Gasteiger partial charge in [0, 0.05) is 0 Å². The van der Waals surface area contributed by atoms with Crippen molar-refractivity contribution in [3.8, 4) is 0 Å². The predicted molar refractivity (Wildman–Crippen MR) is 101 cm³/mol. The van der Waals surface area contributed by atoms with E-state index in [0.717, 1.165) is 10.2 Å². The average Bonchev–Trinajstić information content (AvgIpc) is 2.63. The number of ether oxygens (including phenoxy) is 3. The Hall–Kier alpha value is 0.0969. The highest BCUT2D eigenvalue weighted by Crippen LogP contribution is 2.30. The quantitative estimate of drug-likeness (QED) is 0.510. The minimum Gasteiger partial charge on any atom is -0.373 e. The molecule has 0 radical (unpaired) electrons. The fraction of sp³-hybridized carbons (Fsp3) is 1.00. The maximum Gasteiger partial charge on any atom is 0.164 e. The average molecular weight is 355 g/mol. The Kier molecular flexibility index (Phi) is 7.63. The maximum absolute atomic E-state index is 6.59. The molecule has 3 aliphatic carbocycles. The SMILES string of the molecule is [SiH3]C(COC1CCCCC1)(OC1CCCCC1)OC1CCCCC1. The molecule has 0 N–H and O–H groups in total. The van der Waals surface area contributed by atoms with Gasteiger partial charge in [0.15, 0.2) is 5.41 Å². The van der Waals surface area contributed by atoms with Crippen LogP contribution in [0.3, 0.4) is 0 Å². The molecule has 0 aromatic carbocycles. The van der Waals surface area contributed by atoms with Gasteiger partial charge in [0.1, 0.15) is 0 Å². The fourth-order valence-electron chi connectivity index (χ4n) is 4.67. The summed E-state index contributed by atoms with van der Waals surface area (Å²) in [4.78, 5) is 0. The summed E-state index contributed by atoms with van der Waals surface area (Å²) in [6.45, 7) is 0.664. The van der Waals surface area contributed by atoms with Crippen LogP contribution < -0.4 is 0 Å². The van der Waals surface area contributed by atoms with E-state index in [2.05, 4.69) is 0 Å². The molecule has 0 amide bonds. The Labute approximate surface area is 151 Å². The summed E-state index contributed by atoms with van der Waals surface area (Å²) in [5.41, 5.74) is -0.415. The van der Waals surface area contributed by atoms with Gasteiger partial charge in [0.25, 0.3) is 0 Å². The van der Waals surface area contributed by atoms with Crippen LogP contribution in [0.4, 0.5) is 0 Å². The van der Waals surface area contributed by atoms with E-state index in [0.29, 0.717) is 24.9 Å². The number of hydrogen-bond donors (Lipinski definition) is 0. The molecule has 0 aromatic rings. The van der Waals surface area contributed by atoms with Crippen LogP contribution in [0.25, 0.3) is 0 Å². The van der Waals surface area contributed by atoms with E-state index in [1.165, 1.54) is 96.3 Å². The molecule has 3 rings (SSSR count). The van der Waals surface area contributed by atoms with Crippen molar-refractivity contribution in [2.75, 3.05) is 6.61 Å². The van der Waals surface area contributed by atoms with Crippen molar-refractivity contribution in [1.82, 2.24) is 0 Å². The molecule has 0 atom stereocenters. The maximum atomic E-state index is 6.59. The molecule has 3 aliphatic rings. The Morgan fingerprint density at radius 1 is 0.583 bits per heavy atom. The van der Waals surface area contributed by atoms with Crippen LogP contribution in [0, 0.1) is 0 Å². The molecular formula is C20H38O3Si. The van der Waals surface area contributed by atoms with E-state index < -0.39 is 5.41 Å². The van der Waals surface area contributed by atoms with Crippen molar-refractivity contribution in [3.05, 3.63) is 0 Å². The van der Waals surface area contributed by atoms with Gasteiger partial charge in [-0.1, -0.05) is 57.8 Å². The summed E-state index contributed by atoms with van der Waals surface area (Å²) >= 11 is 0. The molecule has 4 heteroatoms. The second-order valence-electron chi connectivity index (χ2n) is 8.46. The van der Waals surface area contributed by atoms with Crippen molar-refractivity contribution in [2.45, 2.75) is 120 Å². The Morgan fingerprint density at radius 2 is 0.958 bits per heavy atom. The van der Waals surface area contributed by atoms with E-state index >= 15 is 0 Å². The minimum atomic E-state index is -0.415. The highest BCUT2D eigenvalue weighted by molar-refractivity contribution is 6.13. The molecule has 24 heavy (non-hydrogen) atoms. The van der Waals surface area contributed by atoms with Gasteiger partial charge in [-0.3, -0.25) is 0 Å². The van der Waals surface area contributed by atoms with Gasteiger partial charge in [-0.05, 0) is 38.5 Å². The van der Waals surface area contributed by atoms with E-state index in [4.69, 9.17) is 14.2 Å². The van der Waals surface area contributed by atoms with Crippen molar-refractivity contribution < 1.29 is 14.2 Å². The lowest BCUT2D eigenvalue weighted by atomic mass is 9.97. The lowest BCUT2D eigenvalue weighted by Crippen LogP contribution is -2.48. The van der Waals surface area contributed by atoms with Gasteiger partial charge in [0.05, 0.1) is 35.2 Å². The molecule has 3 nitrogen and oxygen atoms in total. The van der Waals surface area contributed by atoms with Crippen molar-refractivity contribution in [2.24, 2.45) is 0 Å². The van der Waals surface area contributed by atoms with Gasteiger partial charge >= 0.3 is 0 Å². The summed E-state index contributed by atoms with van der Waals surface area (Å²) in [6.07, 6.45) is 20.6. The normalized spacial score (nSPS) is 26.0. The standard InChI is InChI=1S/C20H38O3Si/c24-20(22-18-12-6-2-7-13-18,23-19-14-8-3-9-15-19)16-21-17-10-4-1-5-11-17/h17-19H,1-16H2,24H3. The van der Waals surface area contributed by atoms with E-state index in [-0.39, 0.29) is 0 Å². The highest BCUT2D eigenvalue weighted by atomic mass is 28.1. The summed E-state index contributed by atoms with van der Waals surface area (Å²) < 4.78 is 19.5. The predicted octanol–water partition coefficient (Wildman–Crippen LogP) is 4.05. The molecular weight excluding hydrogens is 316 g/mol. The minimum absolute atomic E-state index is 0.398. The largest absolute Gasteiger partial charge is 0.373 e. The molecule has 0 aliphatic heterocycles. The molecule has 3 saturated carbocycles. The third-order valence-corrected chi connectivity index (χ3v) is 6.83. The summed E-state index contributed by atoms with van der Waals surface area (Å²) in [6, 6.07) is 0. The number of hydrogen-bond acceptors (Lipinski definition) is 3. The monoisotopic (exact) mass is 354 g/mol. The van der Waals surface area contributed by atoms with Gasteiger partial charge < -0.3 is 14.2 Å². The highest BCUT2D eigenvalue weighted by Gasteiger charge is 2.35. The van der Waals surface area contributed by atoms with Crippen LogP contribution >= 0.6 is 0 Å². The molecule has 0 bridgehead atoms. The Balaban J connectivity index is 1.54. The van der Waals surface area contributed by atoms with Crippen LogP contribution in [0.5, 0.6) is 0 Å². The van der Waals surface area contributed by atoms with E-state index in [1.54, 1.807) is 0 Å².